The highest BCUT2D eigenvalue weighted by Crippen LogP contribution is 2.44. The lowest BCUT2D eigenvalue weighted by atomic mass is 9.90. The van der Waals surface area contributed by atoms with Crippen LogP contribution in [0.2, 0.25) is 10.0 Å². The molecule has 35 heavy (non-hydrogen) atoms. The Balaban J connectivity index is 1.59. The third kappa shape index (κ3) is 4.16. The maximum absolute atomic E-state index is 13.7. The van der Waals surface area contributed by atoms with Gasteiger partial charge in [-0.3, -0.25) is 19.4 Å². The molecule has 0 saturated carbocycles. The predicted octanol–water partition coefficient (Wildman–Crippen LogP) is 5.58. The standard InChI is InChI=1S/C26H20BrCl2N3O3/c1-2-14-6-8-15(9-7-14)22-21-23(32(30-22)24(33)16-4-3-5-17(27)12-16)26(35)31(25(21)34)20-11-10-18(28)13-19(20)29/h3-13,21-23,30H,2H2,1H3/t21-,22+,23+/m1/s1. The van der Waals surface area contributed by atoms with E-state index in [1.807, 2.05) is 30.3 Å². The number of rotatable bonds is 4. The van der Waals surface area contributed by atoms with Crippen LogP contribution in [-0.2, 0) is 16.0 Å². The van der Waals surface area contributed by atoms with Gasteiger partial charge in [0.2, 0.25) is 5.91 Å². The molecule has 0 radical (unpaired) electrons. The number of benzene rings is 3. The van der Waals surface area contributed by atoms with Crippen molar-refractivity contribution in [2.24, 2.45) is 5.92 Å². The molecule has 3 atom stereocenters. The minimum Gasteiger partial charge on any atom is -0.274 e. The van der Waals surface area contributed by atoms with E-state index < -0.39 is 35.7 Å². The Hall–Kier alpha value is -2.71. The molecule has 178 valence electrons. The Morgan fingerprint density at radius 1 is 1.00 bits per heavy atom. The fourth-order valence-corrected chi connectivity index (χ4v) is 5.57. The summed E-state index contributed by atoms with van der Waals surface area (Å²) in [5.74, 6) is -2.17. The number of anilines is 1. The number of amides is 3. The Kier molecular flexibility index (Phi) is 6.44. The van der Waals surface area contributed by atoms with Gasteiger partial charge in [-0.15, -0.1) is 0 Å². The van der Waals surface area contributed by atoms with E-state index in [0.29, 0.717) is 10.6 Å². The number of imide groups is 1. The summed E-state index contributed by atoms with van der Waals surface area (Å²) in [4.78, 5) is 42.0. The van der Waals surface area contributed by atoms with Crippen molar-refractivity contribution in [2.75, 3.05) is 4.90 Å². The minimum absolute atomic E-state index is 0.181. The van der Waals surface area contributed by atoms with Crippen molar-refractivity contribution in [3.8, 4) is 0 Å². The van der Waals surface area contributed by atoms with Gasteiger partial charge in [0.25, 0.3) is 11.8 Å². The summed E-state index contributed by atoms with van der Waals surface area (Å²) >= 11 is 15.8. The SMILES string of the molecule is CCc1ccc([C@@H]2NN(C(=O)c3cccc(Br)c3)[C@@H]3C(=O)N(c4ccc(Cl)cc4Cl)C(=O)[C@@H]32)cc1. The molecule has 0 spiro atoms. The second kappa shape index (κ2) is 9.39. The second-order valence-electron chi connectivity index (χ2n) is 8.47. The molecule has 2 fully saturated rings. The Bertz CT molecular complexity index is 1350. The zero-order valence-corrected chi connectivity index (χ0v) is 21.6. The smallest absolute Gasteiger partial charge is 0.268 e. The van der Waals surface area contributed by atoms with Gasteiger partial charge in [0.05, 0.1) is 22.7 Å². The van der Waals surface area contributed by atoms with Crippen molar-refractivity contribution < 1.29 is 14.4 Å². The summed E-state index contributed by atoms with van der Waals surface area (Å²) in [6, 6.07) is 17.7. The molecule has 0 aromatic heterocycles. The first-order valence-electron chi connectivity index (χ1n) is 11.1. The molecule has 0 unspecified atom stereocenters. The molecule has 3 amide bonds. The van der Waals surface area contributed by atoms with Gasteiger partial charge < -0.3 is 0 Å². The van der Waals surface area contributed by atoms with Crippen LogP contribution in [0.15, 0.2) is 71.2 Å². The van der Waals surface area contributed by atoms with E-state index in [0.717, 1.165) is 26.9 Å². The first kappa shape index (κ1) is 24.0. The van der Waals surface area contributed by atoms with Crippen molar-refractivity contribution in [3.05, 3.63) is 97.9 Å². The van der Waals surface area contributed by atoms with E-state index in [1.165, 1.54) is 11.1 Å². The van der Waals surface area contributed by atoms with E-state index in [2.05, 4.69) is 28.3 Å². The molecule has 9 heteroatoms. The molecular weight excluding hydrogens is 553 g/mol. The van der Waals surface area contributed by atoms with Crippen LogP contribution in [0.1, 0.15) is 34.5 Å². The van der Waals surface area contributed by atoms with Crippen LogP contribution in [0.4, 0.5) is 5.69 Å². The van der Waals surface area contributed by atoms with Crippen molar-refractivity contribution in [3.63, 3.8) is 0 Å². The minimum atomic E-state index is -1.03. The van der Waals surface area contributed by atoms with Crippen LogP contribution in [0.5, 0.6) is 0 Å². The number of nitrogens with zero attached hydrogens (tertiary/aromatic N) is 2. The number of carbonyl (C=O) groups is 3. The van der Waals surface area contributed by atoms with Crippen molar-refractivity contribution in [2.45, 2.75) is 25.4 Å². The van der Waals surface area contributed by atoms with Crippen LogP contribution in [0.25, 0.3) is 0 Å². The number of hydrogen-bond donors (Lipinski definition) is 1. The number of carbonyl (C=O) groups excluding carboxylic acids is 3. The maximum atomic E-state index is 13.7. The molecule has 5 rings (SSSR count). The summed E-state index contributed by atoms with van der Waals surface area (Å²) in [6.45, 7) is 2.06. The van der Waals surface area contributed by atoms with Gasteiger partial charge in [-0.2, -0.15) is 0 Å². The lowest BCUT2D eigenvalue weighted by Gasteiger charge is -2.25. The molecular formula is C26H20BrCl2N3O3. The fourth-order valence-electron chi connectivity index (χ4n) is 4.67. The normalized spacial score (nSPS) is 21.5. The van der Waals surface area contributed by atoms with Gasteiger partial charge in [0.1, 0.15) is 6.04 Å². The zero-order valence-electron chi connectivity index (χ0n) is 18.5. The summed E-state index contributed by atoms with van der Waals surface area (Å²) in [7, 11) is 0. The summed E-state index contributed by atoms with van der Waals surface area (Å²) in [5, 5.41) is 1.86. The third-order valence-electron chi connectivity index (χ3n) is 6.42. The Morgan fingerprint density at radius 2 is 1.74 bits per heavy atom. The highest BCUT2D eigenvalue weighted by molar-refractivity contribution is 9.10. The maximum Gasteiger partial charge on any atom is 0.268 e. The second-order valence-corrected chi connectivity index (χ2v) is 10.2. The summed E-state index contributed by atoms with van der Waals surface area (Å²) < 4.78 is 0.731. The average molecular weight is 573 g/mol. The average Bonchev–Trinajstić information content (AvgIpc) is 3.36. The Morgan fingerprint density at radius 3 is 2.40 bits per heavy atom. The van der Waals surface area contributed by atoms with Crippen LogP contribution in [-0.4, -0.2) is 28.8 Å². The molecule has 3 aromatic rings. The number of nitrogens with one attached hydrogen (secondary N) is 1. The van der Waals surface area contributed by atoms with Crippen molar-refractivity contribution in [1.82, 2.24) is 10.4 Å². The lowest BCUT2D eigenvalue weighted by molar-refractivity contribution is -0.123. The van der Waals surface area contributed by atoms with E-state index in [4.69, 9.17) is 23.2 Å². The number of halogens is 3. The first-order valence-corrected chi connectivity index (χ1v) is 12.6. The quantitative estimate of drug-likeness (QED) is 0.414. The first-order chi connectivity index (χ1) is 16.8. The van der Waals surface area contributed by atoms with Crippen LogP contribution >= 0.6 is 39.1 Å². The molecule has 0 bridgehead atoms. The number of aryl methyl sites for hydroxylation is 1. The topological polar surface area (TPSA) is 69.7 Å². The summed E-state index contributed by atoms with van der Waals surface area (Å²) in [6.07, 6.45) is 0.873. The molecule has 6 nitrogen and oxygen atoms in total. The van der Waals surface area contributed by atoms with E-state index in [-0.39, 0.29) is 10.7 Å². The van der Waals surface area contributed by atoms with Crippen molar-refractivity contribution >= 4 is 62.5 Å². The van der Waals surface area contributed by atoms with Crippen LogP contribution in [0, 0.1) is 5.92 Å². The monoisotopic (exact) mass is 571 g/mol. The molecule has 2 aliphatic heterocycles. The molecule has 0 aliphatic carbocycles. The van der Waals surface area contributed by atoms with E-state index in [1.54, 1.807) is 30.3 Å². The van der Waals surface area contributed by atoms with Crippen LogP contribution < -0.4 is 10.3 Å². The number of fused-ring (bicyclic) bond motifs is 1. The van der Waals surface area contributed by atoms with Gasteiger partial charge in [-0.1, -0.05) is 76.4 Å². The highest BCUT2D eigenvalue weighted by Gasteiger charge is 2.60. The zero-order chi connectivity index (χ0) is 24.9. The molecule has 2 aliphatic rings. The largest absolute Gasteiger partial charge is 0.274 e. The highest BCUT2D eigenvalue weighted by atomic mass is 79.9. The van der Waals surface area contributed by atoms with Crippen LogP contribution in [0.3, 0.4) is 0 Å². The van der Waals surface area contributed by atoms with Gasteiger partial charge >= 0.3 is 0 Å². The summed E-state index contributed by atoms with van der Waals surface area (Å²) in [5.41, 5.74) is 5.76. The molecule has 1 N–H and O–H groups in total. The predicted molar refractivity (Wildman–Crippen MR) is 138 cm³/mol. The fraction of sp³-hybridized carbons (Fsp3) is 0.192. The van der Waals surface area contributed by atoms with E-state index in [9.17, 15) is 14.4 Å². The number of hydrazine groups is 1. The Labute approximate surface area is 220 Å². The lowest BCUT2D eigenvalue weighted by Crippen LogP contribution is -2.48. The van der Waals surface area contributed by atoms with Gasteiger partial charge in [0, 0.05) is 15.1 Å². The number of hydrogen-bond acceptors (Lipinski definition) is 4. The third-order valence-corrected chi connectivity index (χ3v) is 7.45. The molecule has 2 saturated heterocycles. The molecule has 3 aromatic carbocycles. The van der Waals surface area contributed by atoms with Gasteiger partial charge in [-0.05, 0) is 53.9 Å². The van der Waals surface area contributed by atoms with Gasteiger partial charge in [0.15, 0.2) is 0 Å². The van der Waals surface area contributed by atoms with Crippen molar-refractivity contribution in [1.29, 1.82) is 0 Å². The van der Waals surface area contributed by atoms with E-state index >= 15 is 0 Å². The van der Waals surface area contributed by atoms with Gasteiger partial charge in [-0.25, -0.2) is 10.3 Å². The molecule has 2 heterocycles.